The van der Waals surface area contributed by atoms with Crippen molar-refractivity contribution in [2.75, 3.05) is 5.73 Å². The van der Waals surface area contributed by atoms with Crippen molar-refractivity contribution in [1.29, 1.82) is 0 Å². The number of nitrogen functional groups attached to an aromatic ring is 1. The minimum absolute atomic E-state index is 0.259. The molecule has 0 fully saturated rings. The van der Waals surface area contributed by atoms with E-state index >= 15 is 0 Å². The van der Waals surface area contributed by atoms with Gasteiger partial charge in [0.05, 0.1) is 0 Å². The SMILES string of the molecule is Nc1ncncn1.O=S([O-])[O-]. The van der Waals surface area contributed by atoms with E-state index in [4.69, 9.17) is 19.0 Å². The van der Waals surface area contributed by atoms with Gasteiger partial charge >= 0.3 is 0 Å². The Morgan fingerprint density at radius 3 is 1.91 bits per heavy atom. The Labute approximate surface area is 64.8 Å². The van der Waals surface area contributed by atoms with Crippen LogP contribution in [0.25, 0.3) is 0 Å². The van der Waals surface area contributed by atoms with Crippen LogP contribution < -0.4 is 5.73 Å². The van der Waals surface area contributed by atoms with Gasteiger partial charge < -0.3 is 14.8 Å². The summed E-state index contributed by atoms with van der Waals surface area (Å²) in [6, 6.07) is 0. The molecule has 7 nitrogen and oxygen atoms in total. The van der Waals surface area contributed by atoms with E-state index in [9.17, 15) is 0 Å². The molecule has 11 heavy (non-hydrogen) atoms. The lowest BCUT2D eigenvalue weighted by molar-refractivity contribution is 0.419. The summed E-state index contributed by atoms with van der Waals surface area (Å²) in [4.78, 5) is 10.6. The van der Waals surface area contributed by atoms with Crippen LogP contribution in [0.2, 0.25) is 0 Å². The molecule has 0 aliphatic carbocycles. The highest BCUT2D eigenvalue weighted by molar-refractivity contribution is 7.72. The summed E-state index contributed by atoms with van der Waals surface area (Å²) in [5.74, 6) is 0.259. The maximum Gasteiger partial charge on any atom is 0.222 e. The summed E-state index contributed by atoms with van der Waals surface area (Å²) in [6.07, 6.45) is 2.70. The van der Waals surface area contributed by atoms with Gasteiger partial charge in [0.25, 0.3) is 0 Å². The highest BCUT2D eigenvalue weighted by atomic mass is 32.2. The quantitative estimate of drug-likeness (QED) is 0.473. The second-order valence-electron chi connectivity index (χ2n) is 1.20. The first-order chi connectivity index (χ1) is 5.13. The van der Waals surface area contributed by atoms with Crippen molar-refractivity contribution < 1.29 is 13.3 Å². The molecule has 1 aromatic heterocycles. The number of nitrogens with two attached hydrogens (primary N) is 1. The molecule has 1 heterocycles. The lowest BCUT2D eigenvalue weighted by atomic mass is 11.0. The Kier molecular flexibility index (Phi) is 5.07. The van der Waals surface area contributed by atoms with E-state index in [1.165, 1.54) is 12.7 Å². The van der Waals surface area contributed by atoms with E-state index in [1.54, 1.807) is 0 Å². The molecular formula is C3H4N4O3S-2. The minimum atomic E-state index is -3.11. The second kappa shape index (κ2) is 5.65. The van der Waals surface area contributed by atoms with Crippen LogP contribution in [0.5, 0.6) is 0 Å². The number of nitrogens with zero attached hydrogens (tertiary/aromatic N) is 3. The van der Waals surface area contributed by atoms with Crippen molar-refractivity contribution in [3.05, 3.63) is 12.7 Å². The van der Waals surface area contributed by atoms with Gasteiger partial charge in [-0.3, -0.25) is 4.21 Å². The fraction of sp³-hybridized carbons (Fsp3) is 0. The number of aromatic nitrogens is 3. The van der Waals surface area contributed by atoms with Gasteiger partial charge in [0.2, 0.25) is 5.95 Å². The number of hydrogen-bond donors (Lipinski definition) is 1. The molecule has 8 heteroatoms. The summed E-state index contributed by atoms with van der Waals surface area (Å²) < 4.78 is 25.3. The Hall–Kier alpha value is -1.12. The topological polar surface area (TPSA) is 128 Å². The predicted octanol–water partition coefficient (Wildman–Crippen LogP) is -1.55. The van der Waals surface area contributed by atoms with Gasteiger partial charge in [0.1, 0.15) is 12.7 Å². The van der Waals surface area contributed by atoms with Crippen LogP contribution in [0.15, 0.2) is 12.7 Å². The molecule has 0 aromatic carbocycles. The van der Waals surface area contributed by atoms with Gasteiger partial charge in [-0.15, -0.1) is 11.4 Å². The summed E-state index contributed by atoms with van der Waals surface area (Å²) >= 11 is -3.11. The average Bonchev–Trinajstić information content (AvgIpc) is 1.87. The van der Waals surface area contributed by atoms with E-state index in [0.29, 0.717) is 0 Å². The van der Waals surface area contributed by atoms with Crippen molar-refractivity contribution in [1.82, 2.24) is 15.0 Å². The molecule has 0 aliphatic heterocycles. The largest absolute Gasteiger partial charge is 0.784 e. The number of anilines is 1. The van der Waals surface area contributed by atoms with E-state index in [2.05, 4.69) is 15.0 Å². The van der Waals surface area contributed by atoms with Crippen LogP contribution >= 0.6 is 0 Å². The second-order valence-corrected chi connectivity index (χ2v) is 1.61. The predicted molar refractivity (Wildman–Crippen MR) is 33.9 cm³/mol. The van der Waals surface area contributed by atoms with Crippen LogP contribution in [0, 0.1) is 0 Å². The molecule has 0 amide bonds. The fourth-order valence-electron chi connectivity index (χ4n) is 0.248. The molecule has 2 N–H and O–H groups in total. The molecule has 0 unspecified atom stereocenters. The Morgan fingerprint density at radius 1 is 1.36 bits per heavy atom. The maximum absolute atomic E-state index is 8.44. The summed E-state index contributed by atoms with van der Waals surface area (Å²) in [5.41, 5.74) is 5.10. The molecule has 1 rings (SSSR count). The first-order valence-corrected chi connectivity index (χ1v) is 3.27. The van der Waals surface area contributed by atoms with Crippen molar-refractivity contribution in [3.63, 3.8) is 0 Å². The van der Waals surface area contributed by atoms with Gasteiger partial charge in [0, 0.05) is 0 Å². The zero-order valence-corrected chi connectivity index (χ0v) is 6.02. The molecule has 0 atom stereocenters. The monoisotopic (exact) mass is 176 g/mol. The molecule has 0 spiro atoms. The zero-order valence-electron chi connectivity index (χ0n) is 5.21. The lowest BCUT2D eigenvalue weighted by Gasteiger charge is -2.03. The highest BCUT2D eigenvalue weighted by Gasteiger charge is 1.76. The Morgan fingerprint density at radius 2 is 1.73 bits per heavy atom. The summed E-state index contributed by atoms with van der Waals surface area (Å²) in [5, 5.41) is 0. The standard InChI is InChI=1S/C3H4N4.H2O3S/c4-3-6-1-5-2-7-3;1-4(2)3/h1-2H,(H2,4,5,6,7);(H2,1,2,3)/p-2. The first kappa shape index (κ1) is 9.88. The highest BCUT2D eigenvalue weighted by Crippen LogP contribution is 1.77. The van der Waals surface area contributed by atoms with Gasteiger partial charge in [-0.05, 0) is 0 Å². The molecule has 0 radical (unpaired) electrons. The van der Waals surface area contributed by atoms with Crippen LogP contribution in [-0.4, -0.2) is 28.3 Å². The van der Waals surface area contributed by atoms with Gasteiger partial charge in [-0.2, -0.15) is 0 Å². The van der Waals surface area contributed by atoms with Crippen molar-refractivity contribution in [2.24, 2.45) is 0 Å². The Bertz CT molecular complexity index is 213. The number of rotatable bonds is 0. The molecule has 0 aliphatic rings. The summed E-state index contributed by atoms with van der Waals surface area (Å²) in [6.45, 7) is 0. The van der Waals surface area contributed by atoms with Crippen LogP contribution in [0.4, 0.5) is 5.95 Å². The smallest absolute Gasteiger partial charge is 0.222 e. The van der Waals surface area contributed by atoms with Crippen LogP contribution in [0.3, 0.4) is 0 Å². The van der Waals surface area contributed by atoms with Gasteiger partial charge in [0.15, 0.2) is 0 Å². The van der Waals surface area contributed by atoms with E-state index in [1.807, 2.05) is 0 Å². The normalized spacial score (nSPS) is 8.64. The van der Waals surface area contributed by atoms with E-state index in [-0.39, 0.29) is 5.95 Å². The Balaban J connectivity index is 0.000000218. The van der Waals surface area contributed by atoms with E-state index in [0.717, 1.165) is 0 Å². The van der Waals surface area contributed by atoms with Gasteiger partial charge in [-0.25, -0.2) is 15.0 Å². The minimum Gasteiger partial charge on any atom is -0.784 e. The van der Waals surface area contributed by atoms with E-state index < -0.39 is 11.4 Å². The van der Waals surface area contributed by atoms with Crippen LogP contribution in [-0.2, 0) is 11.4 Å². The van der Waals surface area contributed by atoms with Gasteiger partial charge in [-0.1, -0.05) is 0 Å². The zero-order chi connectivity index (χ0) is 8.69. The molecule has 1 aromatic rings. The molecule has 62 valence electrons. The molecule has 0 bridgehead atoms. The maximum atomic E-state index is 8.44. The van der Waals surface area contributed by atoms with Crippen LogP contribution in [0.1, 0.15) is 0 Å². The number of hydrogen-bond acceptors (Lipinski definition) is 7. The first-order valence-electron chi connectivity index (χ1n) is 2.27. The molecule has 0 saturated carbocycles. The summed E-state index contributed by atoms with van der Waals surface area (Å²) in [7, 11) is 0. The van der Waals surface area contributed by atoms with Crippen molar-refractivity contribution in [2.45, 2.75) is 0 Å². The lowest BCUT2D eigenvalue weighted by Crippen LogP contribution is -1.92. The third-order valence-corrected chi connectivity index (χ3v) is 0.513. The molecule has 0 saturated heterocycles. The van der Waals surface area contributed by atoms with Crippen molar-refractivity contribution >= 4 is 17.3 Å². The van der Waals surface area contributed by atoms with Crippen molar-refractivity contribution in [3.8, 4) is 0 Å². The third-order valence-electron chi connectivity index (χ3n) is 0.513. The fourth-order valence-corrected chi connectivity index (χ4v) is 0.248. The molecular weight excluding hydrogens is 172 g/mol. The third kappa shape index (κ3) is 8.88. The average molecular weight is 176 g/mol.